The molecule has 1 aromatic heterocycles. The third-order valence-corrected chi connectivity index (χ3v) is 12.8. The fraction of sp³-hybridized carbons (Fsp3) is 0.436. The topological polar surface area (TPSA) is 215 Å². The Bertz CT molecular complexity index is 2350. The quantitative estimate of drug-likeness (QED) is 0.161. The normalized spacial score (nSPS) is 18.4. The van der Waals surface area contributed by atoms with E-state index in [0.717, 1.165) is 27.2 Å². The van der Waals surface area contributed by atoms with Crippen molar-refractivity contribution in [2.45, 2.75) is 50.1 Å². The Morgan fingerprint density at radius 3 is 2.34 bits per heavy atom. The van der Waals surface area contributed by atoms with Gasteiger partial charge in [0.05, 0.1) is 44.1 Å². The number of aromatic nitrogens is 1. The molecule has 18 nitrogen and oxygen atoms in total. The van der Waals surface area contributed by atoms with Gasteiger partial charge in [0.25, 0.3) is 17.4 Å². The van der Waals surface area contributed by atoms with Gasteiger partial charge in [-0.15, -0.1) is 0 Å². The van der Waals surface area contributed by atoms with Gasteiger partial charge < -0.3 is 29.0 Å². The summed E-state index contributed by atoms with van der Waals surface area (Å²) in [6.45, 7) is 1.67. The summed E-state index contributed by atoms with van der Waals surface area (Å²) in [5, 5.41) is 4.13. The molecule has 1 atom stereocenters. The molecule has 3 aromatic rings. The van der Waals surface area contributed by atoms with Gasteiger partial charge in [-0.1, -0.05) is 6.07 Å². The number of aryl methyl sites for hydroxylation is 1. The molecule has 1 unspecified atom stereocenters. The molecule has 0 radical (unpaired) electrons. The van der Waals surface area contributed by atoms with Crippen LogP contribution in [0, 0.1) is 0 Å². The number of fused-ring (bicyclic) bond motifs is 2. The average molecular weight is 820 g/mol. The van der Waals surface area contributed by atoms with Crippen molar-refractivity contribution in [2.24, 2.45) is 7.05 Å². The Morgan fingerprint density at radius 1 is 0.948 bits per heavy atom. The van der Waals surface area contributed by atoms with Crippen molar-refractivity contribution in [3.63, 3.8) is 0 Å². The molecular formula is C39H45N7O11S. The lowest BCUT2D eigenvalue weighted by Crippen LogP contribution is -2.57. The van der Waals surface area contributed by atoms with Gasteiger partial charge in [0.15, 0.2) is 0 Å². The second-order valence-corrected chi connectivity index (χ2v) is 16.6. The van der Waals surface area contributed by atoms with Gasteiger partial charge >= 0.3 is 6.03 Å². The van der Waals surface area contributed by atoms with E-state index in [-0.39, 0.29) is 80.5 Å². The number of urea groups is 1. The lowest BCUT2D eigenvalue weighted by molar-refractivity contribution is -0.136. The van der Waals surface area contributed by atoms with Crippen LogP contribution in [-0.4, -0.2) is 123 Å². The Kier molecular flexibility index (Phi) is 11.3. The van der Waals surface area contributed by atoms with E-state index in [4.69, 9.17) is 14.2 Å². The number of nitrogens with one attached hydrogen (secondary N) is 3. The summed E-state index contributed by atoms with van der Waals surface area (Å²) in [6, 6.07) is 6.97. The number of rotatable bonds is 13. The number of hydrogen-bond acceptors (Lipinski definition) is 12. The zero-order valence-corrected chi connectivity index (χ0v) is 33.4. The fourth-order valence-corrected chi connectivity index (χ4v) is 9.42. The van der Waals surface area contributed by atoms with Crippen molar-refractivity contribution in [1.82, 2.24) is 34.6 Å². The minimum atomic E-state index is -3.68. The predicted molar refractivity (Wildman–Crippen MR) is 208 cm³/mol. The lowest BCUT2D eigenvalue weighted by Gasteiger charge is -2.39. The van der Waals surface area contributed by atoms with E-state index in [2.05, 4.69) is 15.4 Å². The summed E-state index contributed by atoms with van der Waals surface area (Å²) in [5.74, 6) is -1.27. The maximum atomic E-state index is 13.3. The van der Waals surface area contributed by atoms with Crippen LogP contribution in [-0.2, 0) is 46.2 Å². The van der Waals surface area contributed by atoms with Crippen LogP contribution < -0.4 is 35.1 Å². The second kappa shape index (κ2) is 16.2. The maximum absolute atomic E-state index is 13.3. The molecule has 6 amide bonds. The molecule has 4 aliphatic heterocycles. The number of methoxy groups -OCH3 is 2. The maximum Gasteiger partial charge on any atom is 0.317 e. The highest BCUT2D eigenvalue weighted by Crippen LogP contribution is 2.39. The number of hydrogen-bond donors (Lipinski definition) is 3. The van der Waals surface area contributed by atoms with E-state index < -0.39 is 44.9 Å². The summed E-state index contributed by atoms with van der Waals surface area (Å²) in [4.78, 5) is 80.3. The Morgan fingerprint density at radius 2 is 1.67 bits per heavy atom. The number of carbonyl (C=O) groups excluding carboxylic acids is 5. The van der Waals surface area contributed by atoms with Crippen LogP contribution in [0.25, 0.3) is 11.1 Å². The largest absolute Gasteiger partial charge is 0.496 e. The second-order valence-electron chi connectivity index (χ2n) is 14.6. The molecule has 2 saturated heterocycles. The van der Waals surface area contributed by atoms with Crippen molar-refractivity contribution >= 4 is 39.7 Å². The monoisotopic (exact) mass is 819 g/mol. The van der Waals surface area contributed by atoms with Crippen molar-refractivity contribution in [1.29, 1.82) is 0 Å². The Labute approximate surface area is 334 Å². The minimum absolute atomic E-state index is 0.00521. The number of carbonyl (C=O) groups is 5. The first-order valence-corrected chi connectivity index (χ1v) is 20.4. The highest BCUT2D eigenvalue weighted by molar-refractivity contribution is 7.90. The summed E-state index contributed by atoms with van der Waals surface area (Å²) in [5.41, 5.74) is 3.72. The number of imide groups is 2. The van der Waals surface area contributed by atoms with Crippen LogP contribution in [0.1, 0.15) is 56.7 Å². The van der Waals surface area contributed by atoms with Crippen LogP contribution in [0.5, 0.6) is 17.2 Å². The molecule has 0 aliphatic carbocycles. The molecule has 5 heterocycles. The van der Waals surface area contributed by atoms with E-state index in [9.17, 15) is 37.2 Å². The first-order chi connectivity index (χ1) is 27.8. The number of ether oxygens (including phenoxy) is 3. The zero-order valence-electron chi connectivity index (χ0n) is 32.6. The first-order valence-electron chi connectivity index (χ1n) is 18.9. The van der Waals surface area contributed by atoms with E-state index in [1.165, 1.54) is 16.7 Å². The van der Waals surface area contributed by atoms with Gasteiger partial charge in [-0.3, -0.25) is 39.1 Å². The summed E-state index contributed by atoms with van der Waals surface area (Å²) < 4.78 is 48.0. The van der Waals surface area contributed by atoms with Crippen molar-refractivity contribution < 1.29 is 46.6 Å². The number of likely N-dealkylation sites (tertiary alicyclic amines) is 1. The molecular weight excluding hydrogens is 775 g/mol. The summed E-state index contributed by atoms with van der Waals surface area (Å²) in [7, 11) is 2.65. The van der Waals surface area contributed by atoms with Crippen molar-refractivity contribution in [3.05, 3.63) is 74.7 Å². The van der Waals surface area contributed by atoms with Gasteiger partial charge in [0.2, 0.25) is 21.8 Å². The molecule has 2 fully saturated rings. The number of nitrogens with zero attached hydrogens (tertiary/aromatic N) is 4. The van der Waals surface area contributed by atoms with Crippen molar-refractivity contribution in [2.75, 3.05) is 54.1 Å². The molecule has 0 spiro atoms. The van der Waals surface area contributed by atoms with E-state index >= 15 is 0 Å². The van der Waals surface area contributed by atoms with Crippen LogP contribution in [0.3, 0.4) is 0 Å². The number of sulfonamides is 1. The molecule has 308 valence electrons. The van der Waals surface area contributed by atoms with Gasteiger partial charge in [0.1, 0.15) is 28.5 Å². The molecule has 0 bridgehead atoms. The highest BCUT2D eigenvalue weighted by atomic mass is 32.2. The first kappa shape index (κ1) is 40.4. The average Bonchev–Trinajstić information content (AvgIpc) is 3.45. The molecule has 19 heteroatoms. The summed E-state index contributed by atoms with van der Waals surface area (Å²) in [6.07, 6.45) is 2.58. The summed E-state index contributed by atoms with van der Waals surface area (Å²) >= 11 is 0. The van der Waals surface area contributed by atoms with Crippen molar-refractivity contribution in [3.8, 4) is 28.4 Å². The van der Waals surface area contributed by atoms with Gasteiger partial charge in [-0.25, -0.2) is 17.9 Å². The molecule has 7 rings (SSSR count). The van der Waals surface area contributed by atoms with Gasteiger partial charge in [0, 0.05) is 70.6 Å². The number of benzene rings is 2. The smallest absolute Gasteiger partial charge is 0.317 e. The molecule has 4 aliphatic rings. The van der Waals surface area contributed by atoms with Crippen LogP contribution in [0.2, 0.25) is 0 Å². The van der Waals surface area contributed by atoms with E-state index in [1.54, 1.807) is 45.5 Å². The molecule has 3 N–H and O–H groups in total. The predicted octanol–water partition coefficient (Wildman–Crippen LogP) is 0.741. The number of pyridine rings is 1. The Hall–Kier alpha value is -5.79. The third-order valence-electron chi connectivity index (χ3n) is 11.0. The van der Waals surface area contributed by atoms with Crippen LogP contribution >= 0.6 is 0 Å². The molecule has 2 aromatic carbocycles. The highest BCUT2D eigenvalue weighted by Gasteiger charge is 2.46. The Balaban J connectivity index is 0.943. The molecule has 58 heavy (non-hydrogen) atoms. The van der Waals surface area contributed by atoms with Gasteiger partial charge in [-0.2, -0.15) is 0 Å². The number of piperidine rings is 1. The zero-order chi connectivity index (χ0) is 41.5. The minimum Gasteiger partial charge on any atom is -0.496 e. The molecule has 0 saturated carbocycles. The van der Waals surface area contributed by atoms with Crippen LogP contribution in [0.15, 0.2) is 41.3 Å². The SMILES string of the molecule is CNC(=O)N1CCc2c(-c3cc(OC)c(CN4CC(S(=O)(=O)NCCCOc5cccc6c5C(=O)N(C5CCC(=O)NC5=O)C6=O)C4)c(OC)c3)cn(C)c(=O)c2C1. The number of amides is 6. The van der Waals surface area contributed by atoms with Crippen LogP contribution in [0.4, 0.5) is 4.79 Å². The fourth-order valence-electron chi connectivity index (χ4n) is 7.94. The standard InChI is InChI=1S/C39H45N7O11S/c1-40-39(52)45-13-11-24-26(19-43(2)36(49)27(24)21-45)22-15-31(55-3)28(32(16-22)56-4)20-44-17-23(18-44)58(53,54)41-12-6-14-57-30-8-5-7-25-34(30)38(51)46(37(25)50)29-9-10-33(47)42-35(29)48/h5,7-8,15-16,19,23,29,41H,6,9-14,17-18,20-21H2,1-4H3,(H,40,52)(H,42,47,48). The third kappa shape index (κ3) is 7.51. The van der Waals surface area contributed by atoms with E-state index in [1.807, 2.05) is 17.0 Å². The van der Waals surface area contributed by atoms with E-state index in [0.29, 0.717) is 36.6 Å². The van der Waals surface area contributed by atoms with Gasteiger partial charge in [-0.05, 0) is 54.7 Å². The lowest BCUT2D eigenvalue weighted by atomic mass is 9.91.